The number of benzene rings is 1. The molecule has 0 N–H and O–H groups in total. The second kappa shape index (κ2) is 6.86. The second-order valence-corrected chi connectivity index (χ2v) is 6.78. The fourth-order valence-electron chi connectivity index (χ4n) is 1.54. The van der Waals surface area contributed by atoms with Gasteiger partial charge in [-0.2, -0.15) is 0 Å². The average molecular weight is 275 g/mol. The molecule has 1 unspecified atom stereocenters. The Hall–Kier alpha value is -0.930. The minimum atomic E-state index is 0.471. The summed E-state index contributed by atoms with van der Waals surface area (Å²) in [6.07, 6.45) is 9.18. The summed E-state index contributed by atoms with van der Waals surface area (Å²) < 4.78 is 0. The first kappa shape index (κ1) is 13.5. The third kappa shape index (κ3) is 4.07. The van der Waals surface area contributed by atoms with Crippen molar-refractivity contribution in [3.63, 3.8) is 0 Å². The van der Waals surface area contributed by atoms with Crippen LogP contribution in [0.15, 0.2) is 53.7 Å². The van der Waals surface area contributed by atoms with E-state index in [0.29, 0.717) is 5.25 Å². The molecule has 0 spiro atoms. The molecule has 0 radical (unpaired) electrons. The first-order valence-corrected chi connectivity index (χ1v) is 8.26. The minimum Gasteiger partial charge on any atom is -0.249 e. The van der Waals surface area contributed by atoms with Gasteiger partial charge in [-0.05, 0) is 42.7 Å². The van der Waals surface area contributed by atoms with Crippen LogP contribution in [-0.4, -0.2) is 5.04 Å². The van der Waals surface area contributed by atoms with Crippen LogP contribution < -0.4 is 0 Å². The Kier molecular flexibility index (Phi) is 5.14. The van der Waals surface area contributed by atoms with Gasteiger partial charge in [-0.15, -0.1) is 0 Å². The highest BCUT2D eigenvalue weighted by atomic mass is 33.1. The average Bonchev–Trinajstić information content (AvgIpc) is 2.65. The van der Waals surface area contributed by atoms with Crippen LogP contribution in [0.1, 0.15) is 29.7 Å². The van der Waals surface area contributed by atoms with E-state index in [9.17, 15) is 0 Å². The zero-order valence-electron chi connectivity index (χ0n) is 10.7. The molecule has 0 amide bonds. The zero-order valence-corrected chi connectivity index (χ0v) is 12.3. The molecular formula is C15H17NS2. The molecule has 1 aromatic rings. The Labute approximate surface area is 117 Å². The molecule has 2 rings (SSSR count). The highest BCUT2D eigenvalue weighted by Gasteiger charge is 2.08. The second-order valence-electron chi connectivity index (χ2n) is 4.22. The maximum absolute atomic E-state index is 4.39. The molecule has 0 saturated carbocycles. The van der Waals surface area contributed by atoms with Gasteiger partial charge in [0.1, 0.15) is 5.04 Å². The van der Waals surface area contributed by atoms with E-state index in [2.05, 4.69) is 61.3 Å². The molecule has 1 aromatic carbocycles. The van der Waals surface area contributed by atoms with Gasteiger partial charge >= 0.3 is 0 Å². The molecule has 0 fully saturated rings. The summed E-state index contributed by atoms with van der Waals surface area (Å²) in [4.78, 5) is 4.39. The highest BCUT2D eigenvalue weighted by Crippen LogP contribution is 2.38. The van der Waals surface area contributed by atoms with Crippen LogP contribution in [0.3, 0.4) is 0 Å². The number of rotatable bonds is 3. The Morgan fingerprint density at radius 1 is 1.17 bits per heavy atom. The summed E-state index contributed by atoms with van der Waals surface area (Å²) in [6, 6.07) is 8.75. The van der Waals surface area contributed by atoms with E-state index in [1.807, 2.05) is 17.0 Å². The molecule has 3 heteroatoms. The molecule has 0 aliphatic carbocycles. The van der Waals surface area contributed by atoms with Crippen LogP contribution >= 0.6 is 21.6 Å². The van der Waals surface area contributed by atoms with E-state index < -0.39 is 0 Å². The van der Waals surface area contributed by atoms with E-state index in [0.717, 1.165) is 11.5 Å². The topological polar surface area (TPSA) is 12.4 Å². The Bertz CT molecular complexity index is 472. The molecule has 0 bridgehead atoms. The summed E-state index contributed by atoms with van der Waals surface area (Å²) in [5.41, 5.74) is 2.68. The molecule has 0 aromatic heterocycles. The Morgan fingerprint density at radius 2 is 1.94 bits per heavy atom. The highest BCUT2D eigenvalue weighted by molar-refractivity contribution is 8.82. The van der Waals surface area contributed by atoms with Crippen molar-refractivity contribution in [2.45, 2.75) is 25.5 Å². The summed E-state index contributed by atoms with van der Waals surface area (Å²) in [5.74, 6) is 0. The molecule has 1 aliphatic heterocycles. The third-order valence-corrected chi connectivity index (χ3v) is 5.40. The fourth-order valence-corrected chi connectivity index (χ4v) is 3.67. The van der Waals surface area contributed by atoms with Crippen molar-refractivity contribution >= 4 is 26.6 Å². The van der Waals surface area contributed by atoms with Gasteiger partial charge in [-0.3, -0.25) is 0 Å². The molecule has 1 nitrogen and oxygen atoms in total. The summed E-state index contributed by atoms with van der Waals surface area (Å²) >= 11 is 0. The van der Waals surface area contributed by atoms with Gasteiger partial charge in [-0.25, -0.2) is 4.99 Å². The van der Waals surface area contributed by atoms with E-state index in [-0.39, 0.29) is 0 Å². The van der Waals surface area contributed by atoms with Crippen molar-refractivity contribution in [3.8, 4) is 0 Å². The summed E-state index contributed by atoms with van der Waals surface area (Å²) in [6.45, 7) is 4.35. The van der Waals surface area contributed by atoms with Gasteiger partial charge < -0.3 is 0 Å². The first-order valence-electron chi connectivity index (χ1n) is 6.05. The van der Waals surface area contributed by atoms with Gasteiger partial charge in [0.2, 0.25) is 0 Å². The van der Waals surface area contributed by atoms with Crippen molar-refractivity contribution in [3.05, 3.63) is 59.8 Å². The number of hydrogen-bond donors (Lipinski definition) is 0. The molecule has 1 atom stereocenters. The summed E-state index contributed by atoms with van der Waals surface area (Å²) in [7, 11) is 3.60. The van der Waals surface area contributed by atoms with E-state index in [4.69, 9.17) is 0 Å². The van der Waals surface area contributed by atoms with Gasteiger partial charge in [0, 0.05) is 11.4 Å². The number of aliphatic imine (C=N–C) groups is 1. The number of hydrogen-bond acceptors (Lipinski definition) is 3. The number of aryl methyl sites for hydroxylation is 1. The van der Waals surface area contributed by atoms with Crippen molar-refractivity contribution in [2.24, 2.45) is 4.99 Å². The van der Waals surface area contributed by atoms with Crippen LogP contribution in [0, 0.1) is 6.92 Å². The number of nitrogens with zero attached hydrogens (tertiary/aromatic N) is 1. The molecule has 18 heavy (non-hydrogen) atoms. The van der Waals surface area contributed by atoms with Crippen LogP contribution in [0.4, 0.5) is 0 Å². The van der Waals surface area contributed by atoms with Crippen LogP contribution in [0.2, 0.25) is 0 Å². The lowest BCUT2D eigenvalue weighted by Gasteiger charge is -2.10. The lowest BCUT2D eigenvalue weighted by Crippen LogP contribution is -1.88. The Balaban J connectivity index is 1.91. The molecule has 0 saturated heterocycles. The first-order chi connectivity index (χ1) is 8.75. The van der Waals surface area contributed by atoms with Crippen molar-refractivity contribution in [1.29, 1.82) is 0 Å². The van der Waals surface area contributed by atoms with Gasteiger partial charge in [0.25, 0.3) is 0 Å². The molecular weight excluding hydrogens is 258 g/mol. The summed E-state index contributed by atoms with van der Waals surface area (Å²) in [5, 5.41) is 1.55. The third-order valence-electron chi connectivity index (χ3n) is 2.66. The van der Waals surface area contributed by atoms with E-state index >= 15 is 0 Å². The van der Waals surface area contributed by atoms with Crippen molar-refractivity contribution < 1.29 is 0 Å². The number of allylic oxidation sites excluding steroid dienone is 2. The van der Waals surface area contributed by atoms with Gasteiger partial charge in [-0.1, -0.05) is 52.8 Å². The van der Waals surface area contributed by atoms with Gasteiger partial charge in [0.15, 0.2) is 0 Å². The SMILES string of the molecule is Cc1ccc(C(C)SSC2=NC=CCC=C2)cc1. The monoisotopic (exact) mass is 275 g/mol. The predicted molar refractivity (Wildman–Crippen MR) is 85.1 cm³/mol. The van der Waals surface area contributed by atoms with E-state index in [1.165, 1.54) is 11.1 Å². The standard InChI is InChI=1S/C15H17NS2/c1-12-7-9-14(10-8-12)13(2)17-18-15-6-4-3-5-11-16-15/h4-11,13H,3H2,1-2H3. The fraction of sp³-hybridized carbons (Fsp3) is 0.267. The smallest absolute Gasteiger partial charge is 0.106 e. The molecule has 1 aliphatic rings. The quantitative estimate of drug-likeness (QED) is 0.693. The minimum absolute atomic E-state index is 0.471. The van der Waals surface area contributed by atoms with Crippen LogP contribution in [0.5, 0.6) is 0 Å². The predicted octanol–water partition coefficient (Wildman–Crippen LogP) is 5.31. The van der Waals surface area contributed by atoms with E-state index in [1.54, 1.807) is 10.8 Å². The lowest BCUT2D eigenvalue weighted by atomic mass is 10.1. The largest absolute Gasteiger partial charge is 0.249 e. The zero-order chi connectivity index (χ0) is 12.8. The normalized spacial score (nSPS) is 16.2. The maximum Gasteiger partial charge on any atom is 0.106 e. The lowest BCUT2D eigenvalue weighted by molar-refractivity contribution is 1.11. The Morgan fingerprint density at radius 3 is 2.72 bits per heavy atom. The van der Waals surface area contributed by atoms with Crippen LogP contribution in [-0.2, 0) is 0 Å². The maximum atomic E-state index is 4.39. The van der Waals surface area contributed by atoms with Crippen LogP contribution in [0.25, 0.3) is 0 Å². The van der Waals surface area contributed by atoms with Crippen molar-refractivity contribution in [2.75, 3.05) is 0 Å². The molecule has 1 heterocycles. The molecule has 94 valence electrons. The van der Waals surface area contributed by atoms with Gasteiger partial charge in [0.05, 0.1) is 0 Å². The van der Waals surface area contributed by atoms with Crippen molar-refractivity contribution in [1.82, 2.24) is 0 Å².